The van der Waals surface area contributed by atoms with Crippen molar-refractivity contribution < 1.29 is 9.53 Å². The van der Waals surface area contributed by atoms with E-state index in [0.29, 0.717) is 38.0 Å². The molecule has 156 valence electrons. The minimum atomic E-state index is 0.0543. The molecule has 10 nitrogen and oxygen atoms in total. The molecule has 29 heavy (non-hydrogen) atoms. The molecule has 0 bridgehead atoms. The number of hydrogen-bond acceptors (Lipinski definition) is 8. The van der Waals surface area contributed by atoms with E-state index in [2.05, 4.69) is 32.6 Å². The highest BCUT2D eigenvalue weighted by Crippen LogP contribution is 2.22. The molecule has 0 aliphatic carbocycles. The second kappa shape index (κ2) is 8.75. The Bertz CT molecular complexity index is 909. The zero-order valence-electron chi connectivity index (χ0n) is 17.0. The maximum atomic E-state index is 11.5. The second-order valence-electron chi connectivity index (χ2n) is 7.50. The normalized spacial score (nSPS) is 19.7. The Kier molecular flexibility index (Phi) is 5.91. The van der Waals surface area contributed by atoms with E-state index in [4.69, 9.17) is 14.7 Å². The molecule has 0 radical (unpaired) electrons. The minimum absolute atomic E-state index is 0.0543. The fourth-order valence-corrected chi connectivity index (χ4v) is 3.62. The Morgan fingerprint density at radius 1 is 1.28 bits per heavy atom. The van der Waals surface area contributed by atoms with Gasteiger partial charge in [-0.2, -0.15) is 19.6 Å². The molecule has 10 heteroatoms. The Morgan fingerprint density at radius 2 is 2.17 bits per heavy atom. The third-order valence-electron chi connectivity index (χ3n) is 5.24. The molecular weight excluding hydrogens is 372 g/mol. The zero-order chi connectivity index (χ0) is 20.2. The third-order valence-corrected chi connectivity index (χ3v) is 5.24. The van der Waals surface area contributed by atoms with Crippen LogP contribution in [0, 0.1) is 0 Å². The van der Waals surface area contributed by atoms with E-state index in [1.807, 2.05) is 6.08 Å². The van der Waals surface area contributed by atoms with Crippen LogP contribution in [-0.4, -0.2) is 90.4 Å². The van der Waals surface area contributed by atoms with E-state index < -0.39 is 0 Å². The first kappa shape index (κ1) is 19.6. The lowest BCUT2D eigenvalue weighted by Crippen LogP contribution is -2.30. The van der Waals surface area contributed by atoms with E-state index >= 15 is 0 Å². The summed E-state index contributed by atoms with van der Waals surface area (Å²) in [5.41, 5.74) is 2.66. The number of hydrogen-bond donors (Lipinski definition) is 2. The molecular formula is C19H28N8O2. The highest BCUT2D eigenvalue weighted by molar-refractivity contribution is 5.85. The number of anilines is 2. The van der Waals surface area contributed by atoms with E-state index in [-0.39, 0.29) is 5.91 Å². The summed E-state index contributed by atoms with van der Waals surface area (Å²) in [6, 6.07) is 0. The topological polar surface area (TPSA) is 99.9 Å². The van der Waals surface area contributed by atoms with Crippen LogP contribution < -0.4 is 15.5 Å². The molecule has 4 heterocycles. The summed E-state index contributed by atoms with van der Waals surface area (Å²) in [5, 5.41) is 10.6. The van der Waals surface area contributed by atoms with Crippen molar-refractivity contribution in [2.24, 2.45) is 0 Å². The van der Waals surface area contributed by atoms with Gasteiger partial charge < -0.3 is 25.2 Å². The molecule has 2 aromatic heterocycles. The molecule has 2 aliphatic heterocycles. The number of fused-ring (bicyclic) bond motifs is 1. The largest absolute Gasteiger partial charge is 0.383 e. The second-order valence-corrected chi connectivity index (χ2v) is 7.50. The first-order chi connectivity index (χ1) is 14.1. The Hall–Kier alpha value is -2.72. The molecule has 0 unspecified atom stereocenters. The lowest BCUT2D eigenvalue weighted by molar-refractivity contribution is -0.118. The van der Waals surface area contributed by atoms with Gasteiger partial charge in [0.15, 0.2) is 5.65 Å². The zero-order valence-corrected chi connectivity index (χ0v) is 17.0. The summed E-state index contributed by atoms with van der Waals surface area (Å²) >= 11 is 0. The summed E-state index contributed by atoms with van der Waals surface area (Å²) in [6.07, 6.45) is 5.28. The number of amides is 1. The molecule has 0 saturated carbocycles. The number of nitrogens with one attached hydrogen (secondary N) is 2. The summed E-state index contributed by atoms with van der Waals surface area (Å²) in [5.74, 6) is 1.40. The van der Waals surface area contributed by atoms with Crippen LogP contribution in [0.4, 0.5) is 11.9 Å². The molecule has 0 aromatic carbocycles. The van der Waals surface area contributed by atoms with Gasteiger partial charge in [0.2, 0.25) is 17.8 Å². The number of carbonyl (C=O) groups excluding carboxylic acids is 1. The van der Waals surface area contributed by atoms with Gasteiger partial charge >= 0.3 is 0 Å². The van der Waals surface area contributed by atoms with Gasteiger partial charge in [-0.05, 0) is 31.7 Å². The van der Waals surface area contributed by atoms with Gasteiger partial charge in [0, 0.05) is 51.8 Å². The van der Waals surface area contributed by atoms with Crippen molar-refractivity contribution in [1.29, 1.82) is 0 Å². The van der Waals surface area contributed by atoms with Crippen LogP contribution in [0.25, 0.3) is 11.7 Å². The van der Waals surface area contributed by atoms with Gasteiger partial charge in [-0.1, -0.05) is 0 Å². The number of rotatable bonds is 6. The third kappa shape index (κ3) is 4.48. The first-order valence-corrected chi connectivity index (χ1v) is 10.0. The molecule has 2 saturated heterocycles. The Balaban J connectivity index is 1.70. The van der Waals surface area contributed by atoms with Crippen molar-refractivity contribution in [2.45, 2.75) is 12.8 Å². The van der Waals surface area contributed by atoms with E-state index in [9.17, 15) is 4.79 Å². The van der Waals surface area contributed by atoms with Crippen LogP contribution in [0.2, 0.25) is 0 Å². The predicted molar refractivity (Wildman–Crippen MR) is 111 cm³/mol. The molecule has 2 fully saturated rings. The van der Waals surface area contributed by atoms with E-state index in [0.717, 1.165) is 49.4 Å². The molecule has 1 amide bonds. The molecule has 2 aliphatic rings. The number of nitrogens with zero attached hydrogens (tertiary/aromatic N) is 6. The van der Waals surface area contributed by atoms with Crippen molar-refractivity contribution >= 4 is 29.5 Å². The van der Waals surface area contributed by atoms with Crippen LogP contribution in [0.15, 0.2) is 11.8 Å². The van der Waals surface area contributed by atoms with Crippen molar-refractivity contribution in [3.8, 4) is 0 Å². The van der Waals surface area contributed by atoms with Crippen LogP contribution >= 0.6 is 0 Å². The standard InChI is InChI=1S/C19H28N8O2/c1-25-5-3-6-26(8-7-25)19-23-17-15(10-14-11-16(28)21-12-14)13-22-27(17)18(24-19)20-4-9-29-2/h10,13H,3-9,11-12H2,1-2H3,(H,21,28)(H,20,23,24)/b14-10+. The summed E-state index contributed by atoms with van der Waals surface area (Å²) in [7, 11) is 3.81. The number of methoxy groups -OCH3 is 1. The Morgan fingerprint density at radius 3 is 2.97 bits per heavy atom. The fourth-order valence-electron chi connectivity index (χ4n) is 3.62. The van der Waals surface area contributed by atoms with Crippen molar-refractivity contribution in [3.05, 3.63) is 17.3 Å². The summed E-state index contributed by atoms with van der Waals surface area (Å²) < 4.78 is 6.88. The van der Waals surface area contributed by atoms with Crippen LogP contribution in [0.3, 0.4) is 0 Å². The maximum absolute atomic E-state index is 11.5. The smallest absolute Gasteiger partial charge is 0.230 e. The average molecular weight is 400 g/mol. The maximum Gasteiger partial charge on any atom is 0.230 e. The highest BCUT2D eigenvalue weighted by Gasteiger charge is 2.20. The number of carbonyl (C=O) groups is 1. The van der Waals surface area contributed by atoms with Gasteiger partial charge in [-0.15, -0.1) is 0 Å². The molecule has 0 atom stereocenters. The number of aromatic nitrogens is 4. The molecule has 0 spiro atoms. The Labute approximate surface area is 169 Å². The summed E-state index contributed by atoms with van der Waals surface area (Å²) in [6.45, 7) is 5.62. The predicted octanol–water partition coefficient (Wildman–Crippen LogP) is 0.228. The number of likely N-dealkylation sites (N-methyl/N-ethyl adjacent to an activating group) is 1. The van der Waals surface area contributed by atoms with Gasteiger partial charge in [0.1, 0.15) is 0 Å². The van der Waals surface area contributed by atoms with Gasteiger partial charge in [-0.25, -0.2) is 0 Å². The average Bonchev–Trinajstić information content (AvgIpc) is 3.23. The summed E-state index contributed by atoms with van der Waals surface area (Å²) in [4.78, 5) is 25.7. The lowest BCUT2D eigenvalue weighted by Gasteiger charge is -2.21. The minimum Gasteiger partial charge on any atom is -0.383 e. The quantitative estimate of drug-likeness (QED) is 0.665. The SMILES string of the molecule is COCCNc1nc(N2CCCN(C)CC2)nc2c(/C=C3/CNC(=O)C3)cnn12. The molecule has 2 N–H and O–H groups in total. The van der Waals surface area contributed by atoms with E-state index in [1.165, 1.54) is 0 Å². The van der Waals surface area contributed by atoms with Crippen molar-refractivity contribution in [1.82, 2.24) is 29.8 Å². The lowest BCUT2D eigenvalue weighted by atomic mass is 10.1. The van der Waals surface area contributed by atoms with Crippen molar-refractivity contribution in [2.75, 3.05) is 70.2 Å². The highest BCUT2D eigenvalue weighted by atomic mass is 16.5. The van der Waals surface area contributed by atoms with Gasteiger partial charge in [0.25, 0.3) is 0 Å². The fraction of sp³-hybridized carbons (Fsp3) is 0.579. The van der Waals surface area contributed by atoms with E-state index in [1.54, 1.807) is 17.8 Å². The monoisotopic (exact) mass is 400 g/mol. The van der Waals surface area contributed by atoms with Gasteiger partial charge in [-0.3, -0.25) is 4.79 Å². The van der Waals surface area contributed by atoms with Crippen LogP contribution in [0.1, 0.15) is 18.4 Å². The first-order valence-electron chi connectivity index (χ1n) is 10.0. The number of ether oxygens (including phenoxy) is 1. The van der Waals surface area contributed by atoms with Crippen LogP contribution in [0.5, 0.6) is 0 Å². The molecule has 2 aromatic rings. The van der Waals surface area contributed by atoms with Crippen LogP contribution in [-0.2, 0) is 9.53 Å². The molecule has 4 rings (SSSR count). The van der Waals surface area contributed by atoms with Gasteiger partial charge in [0.05, 0.1) is 12.8 Å². The van der Waals surface area contributed by atoms with Crippen molar-refractivity contribution in [3.63, 3.8) is 0 Å².